The number of nitrogens with zero attached hydrogens (tertiary/aromatic N) is 3. The summed E-state index contributed by atoms with van der Waals surface area (Å²) in [5, 5.41) is 18.0. The van der Waals surface area contributed by atoms with E-state index in [0.717, 1.165) is 0 Å². The molecule has 0 fully saturated rings. The second-order valence-electron chi connectivity index (χ2n) is 7.58. The smallest absolute Gasteiger partial charge is 0.283 e. The molecule has 36 heavy (non-hydrogen) atoms. The highest BCUT2D eigenvalue weighted by Crippen LogP contribution is 2.37. The van der Waals surface area contributed by atoms with Crippen molar-refractivity contribution in [2.45, 2.75) is 13.8 Å². The molecule has 0 bridgehead atoms. The number of amidine groups is 2. The van der Waals surface area contributed by atoms with Gasteiger partial charge in [0.2, 0.25) is 11.1 Å². The molecule has 4 rings (SSSR count). The van der Waals surface area contributed by atoms with E-state index in [0.29, 0.717) is 38.7 Å². The van der Waals surface area contributed by atoms with E-state index in [-0.39, 0.29) is 35.6 Å². The number of hydrazone groups is 1. The number of carbonyl (C=O) groups is 2. The number of anilines is 1. The van der Waals surface area contributed by atoms with E-state index < -0.39 is 5.91 Å². The predicted octanol–water partition coefficient (Wildman–Crippen LogP) is 4.40. The molecule has 0 saturated carbocycles. The van der Waals surface area contributed by atoms with Crippen LogP contribution in [-0.4, -0.2) is 53.2 Å². The molecule has 2 aromatic carbocycles. The van der Waals surface area contributed by atoms with Crippen LogP contribution in [0.1, 0.15) is 19.4 Å². The van der Waals surface area contributed by atoms with Crippen LogP contribution in [0, 0.1) is 5.41 Å². The number of hydrogen-bond donors (Lipinski definition) is 2. The number of thioether (sulfide) groups is 1. The number of carbonyl (C=O) groups excluding carboxylic acids is 2. The van der Waals surface area contributed by atoms with Gasteiger partial charge in [-0.1, -0.05) is 11.6 Å². The Hall–Kier alpha value is -3.83. The zero-order valence-electron chi connectivity index (χ0n) is 19.6. The minimum atomic E-state index is -0.527. The molecule has 10 nitrogen and oxygen atoms in total. The van der Waals surface area contributed by atoms with Crippen molar-refractivity contribution >= 4 is 63.0 Å². The first-order chi connectivity index (χ1) is 17.2. The molecule has 0 radical (unpaired) electrons. The number of methoxy groups -OCH3 is 1. The molecule has 2 aromatic rings. The van der Waals surface area contributed by atoms with Crippen LogP contribution >= 0.6 is 23.4 Å². The molecule has 0 unspecified atom stereocenters. The molecule has 186 valence electrons. The zero-order chi connectivity index (χ0) is 25.8. The van der Waals surface area contributed by atoms with Crippen LogP contribution in [0.3, 0.4) is 0 Å². The van der Waals surface area contributed by atoms with E-state index >= 15 is 0 Å². The standard InChI is InChI=1S/C24H22ClN5O5S/c1-13(31)27-16-4-6-17(7-5-16)34-8-9-35-21-19(25)11-15(12-20(21)33-3)10-18-22(26)30-24(28-23(18)32)36-14(2)29-30/h4-7,10-12,26H,8-9H2,1-3H3,(H,27,31)/b18-10-,26-22?. The Morgan fingerprint density at radius 3 is 2.64 bits per heavy atom. The van der Waals surface area contributed by atoms with Gasteiger partial charge in [0.15, 0.2) is 17.3 Å². The van der Waals surface area contributed by atoms with Crippen LogP contribution in [0.2, 0.25) is 5.02 Å². The first-order valence-corrected chi connectivity index (χ1v) is 11.9. The SMILES string of the molecule is COc1cc(/C=C2/C(=N)N3N=C(C)SC3=NC2=O)cc(Cl)c1OCCOc1ccc(NC(C)=O)cc1. The lowest BCUT2D eigenvalue weighted by molar-refractivity contribution is -0.115. The highest BCUT2D eigenvalue weighted by atomic mass is 35.5. The minimum Gasteiger partial charge on any atom is -0.493 e. The highest BCUT2D eigenvalue weighted by Gasteiger charge is 2.34. The summed E-state index contributed by atoms with van der Waals surface area (Å²) in [6.45, 7) is 3.65. The molecule has 2 amide bonds. The molecule has 0 saturated heterocycles. The lowest BCUT2D eigenvalue weighted by Gasteiger charge is -2.20. The number of halogens is 1. The largest absolute Gasteiger partial charge is 0.493 e. The number of amides is 2. The van der Waals surface area contributed by atoms with Gasteiger partial charge in [0, 0.05) is 12.6 Å². The summed E-state index contributed by atoms with van der Waals surface area (Å²) in [6.07, 6.45) is 1.52. The Labute approximate surface area is 216 Å². The van der Waals surface area contributed by atoms with Crippen LogP contribution < -0.4 is 19.5 Å². The van der Waals surface area contributed by atoms with Crippen LogP contribution in [0.4, 0.5) is 5.69 Å². The number of hydrogen-bond acceptors (Lipinski definition) is 8. The maximum atomic E-state index is 12.5. The molecule has 2 aliphatic rings. The summed E-state index contributed by atoms with van der Waals surface area (Å²) in [5.74, 6) is 0.569. The highest BCUT2D eigenvalue weighted by molar-refractivity contribution is 8.26. The summed E-state index contributed by atoms with van der Waals surface area (Å²) >= 11 is 7.70. The Morgan fingerprint density at radius 2 is 1.94 bits per heavy atom. The van der Waals surface area contributed by atoms with Gasteiger partial charge >= 0.3 is 0 Å². The molecular formula is C24H22ClN5O5S. The van der Waals surface area contributed by atoms with Crippen molar-refractivity contribution in [3.05, 3.63) is 52.6 Å². The molecule has 0 aromatic heterocycles. The lowest BCUT2D eigenvalue weighted by atomic mass is 10.1. The first-order valence-electron chi connectivity index (χ1n) is 10.7. The maximum absolute atomic E-state index is 12.5. The van der Waals surface area contributed by atoms with E-state index in [4.69, 9.17) is 31.2 Å². The third-order valence-corrected chi connectivity index (χ3v) is 6.00. The van der Waals surface area contributed by atoms with Gasteiger partial charge in [0.05, 0.1) is 22.7 Å². The van der Waals surface area contributed by atoms with Crippen molar-refractivity contribution in [2.24, 2.45) is 10.1 Å². The van der Waals surface area contributed by atoms with E-state index in [1.165, 1.54) is 36.9 Å². The maximum Gasteiger partial charge on any atom is 0.283 e. The zero-order valence-corrected chi connectivity index (χ0v) is 21.2. The van der Waals surface area contributed by atoms with Crippen molar-refractivity contribution in [1.82, 2.24) is 5.01 Å². The number of nitrogens with one attached hydrogen (secondary N) is 2. The van der Waals surface area contributed by atoms with Gasteiger partial charge in [-0.25, -0.2) is 0 Å². The Balaban J connectivity index is 1.42. The monoisotopic (exact) mass is 527 g/mol. The van der Waals surface area contributed by atoms with Crippen molar-refractivity contribution in [3.8, 4) is 17.2 Å². The number of rotatable bonds is 8. The molecule has 2 N–H and O–H groups in total. The third kappa shape index (κ3) is 5.69. The summed E-state index contributed by atoms with van der Waals surface area (Å²) in [6, 6.07) is 10.2. The van der Waals surface area contributed by atoms with Gasteiger partial charge in [-0.3, -0.25) is 15.0 Å². The fourth-order valence-corrected chi connectivity index (χ4v) is 4.37. The lowest BCUT2D eigenvalue weighted by Crippen LogP contribution is -2.35. The van der Waals surface area contributed by atoms with Crippen molar-refractivity contribution < 1.29 is 23.8 Å². The van der Waals surface area contributed by atoms with Crippen LogP contribution in [0.5, 0.6) is 17.2 Å². The fraction of sp³-hybridized carbons (Fsp3) is 0.208. The fourth-order valence-electron chi connectivity index (χ4n) is 3.36. The summed E-state index contributed by atoms with van der Waals surface area (Å²) in [5.41, 5.74) is 1.30. The van der Waals surface area contributed by atoms with Crippen molar-refractivity contribution in [3.63, 3.8) is 0 Å². The summed E-state index contributed by atoms with van der Waals surface area (Å²) < 4.78 is 16.9. The predicted molar refractivity (Wildman–Crippen MR) is 140 cm³/mol. The van der Waals surface area contributed by atoms with E-state index in [1.807, 2.05) is 0 Å². The molecule has 2 aliphatic heterocycles. The number of aliphatic imine (C=N–C) groups is 1. The van der Waals surface area contributed by atoms with Crippen molar-refractivity contribution in [1.29, 1.82) is 5.41 Å². The first kappa shape index (κ1) is 25.3. The van der Waals surface area contributed by atoms with Gasteiger partial charge in [-0.2, -0.15) is 15.1 Å². The molecule has 12 heteroatoms. The van der Waals surface area contributed by atoms with Crippen LogP contribution in [0.25, 0.3) is 6.08 Å². The van der Waals surface area contributed by atoms with Crippen LogP contribution in [-0.2, 0) is 9.59 Å². The Morgan fingerprint density at radius 1 is 1.22 bits per heavy atom. The van der Waals surface area contributed by atoms with E-state index in [9.17, 15) is 9.59 Å². The van der Waals surface area contributed by atoms with Crippen molar-refractivity contribution in [2.75, 3.05) is 25.6 Å². The second-order valence-corrected chi connectivity index (χ2v) is 9.14. The van der Waals surface area contributed by atoms with Crippen LogP contribution in [0.15, 0.2) is 52.1 Å². The average Bonchev–Trinajstić information content (AvgIpc) is 3.21. The summed E-state index contributed by atoms with van der Waals surface area (Å²) in [7, 11) is 1.48. The van der Waals surface area contributed by atoms with Gasteiger partial charge in [-0.05, 0) is 66.7 Å². The Kier molecular flexibility index (Phi) is 7.61. The number of fused-ring (bicyclic) bond motifs is 1. The minimum absolute atomic E-state index is 0.0629. The van der Waals surface area contributed by atoms with E-state index in [2.05, 4.69) is 15.4 Å². The topological polar surface area (TPSA) is 126 Å². The quantitative estimate of drug-likeness (QED) is 0.385. The second kappa shape index (κ2) is 10.8. The van der Waals surface area contributed by atoms with Gasteiger partial charge < -0.3 is 19.5 Å². The molecular weight excluding hydrogens is 506 g/mol. The third-order valence-electron chi connectivity index (χ3n) is 4.89. The number of ether oxygens (including phenoxy) is 3. The molecule has 0 atom stereocenters. The van der Waals surface area contributed by atoms with Gasteiger partial charge in [0.1, 0.15) is 19.0 Å². The molecule has 0 aliphatic carbocycles. The normalized spacial score (nSPS) is 15.9. The van der Waals surface area contributed by atoms with E-state index in [1.54, 1.807) is 43.3 Å². The number of benzene rings is 2. The Bertz CT molecular complexity index is 1320. The average molecular weight is 528 g/mol. The summed E-state index contributed by atoms with van der Waals surface area (Å²) in [4.78, 5) is 27.6. The molecule has 0 spiro atoms. The van der Waals surface area contributed by atoms with Gasteiger partial charge in [0.25, 0.3) is 5.91 Å². The van der Waals surface area contributed by atoms with Gasteiger partial charge in [-0.15, -0.1) is 0 Å². The molecule has 2 heterocycles.